The van der Waals surface area contributed by atoms with Gasteiger partial charge in [0.25, 0.3) is 0 Å². The van der Waals surface area contributed by atoms with Crippen molar-refractivity contribution in [3.8, 4) is 0 Å². The van der Waals surface area contributed by atoms with E-state index in [0.29, 0.717) is 0 Å². The summed E-state index contributed by atoms with van der Waals surface area (Å²) in [5, 5.41) is 7.69. The first-order chi connectivity index (χ1) is 9.83. The number of anilines is 1. The Morgan fingerprint density at radius 2 is 2.05 bits per heavy atom. The molecule has 2 nitrogen and oxygen atoms in total. The average molecular weight is 287 g/mol. The summed E-state index contributed by atoms with van der Waals surface area (Å²) in [6.45, 7) is 2.87. The van der Waals surface area contributed by atoms with E-state index in [1.54, 1.807) is 0 Å². The molecule has 2 aromatic carbocycles. The van der Waals surface area contributed by atoms with Crippen LogP contribution >= 0.6 is 11.6 Å². The topological polar surface area (TPSA) is 24.1 Å². The van der Waals surface area contributed by atoms with Gasteiger partial charge in [0.05, 0.1) is 0 Å². The van der Waals surface area contributed by atoms with E-state index in [1.165, 1.54) is 16.8 Å². The van der Waals surface area contributed by atoms with Crippen molar-refractivity contribution in [3.63, 3.8) is 0 Å². The van der Waals surface area contributed by atoms with Gasteiger partial charge < -0.3 is 10.6 Å². The zero-order valence-electron chi connectivity index (χ0n) is 11.5. The Kier molecular flexibility index (Phi) is 4.24. The molecule has 1 heterocycles. The third-order valence-electron chi connectivity index (χ3n) is 3.74. The first kappa shape index (κ1) is 13.5. The van der Waals surface area contributed by atoms with Gasteiger partial charge in [0.15, 0.2) is 0 Å². The molecule has 104 valence electrons. The fourth-order valence-electron chi connectivity index (χ4n) is 2.61. The molecule has 0 saturated heterocycles. The molecule has 0 atom stereocenters. The van der Waals surface area contributed by atoms with Crippen LogP contribution in [0.3, 0.4) is 0 Å². The molecule has 2 aromatic rings. The molecule has 3 rings (SSSR count). The number of hydrogen-bond acceptors (Lipinski definition) is 2. The van der Waals surface area contributed by atoms with E-state index in [1.807, 2.05) is 18.2 Å². The third-order valence-corrected chi connectivity index (χ3v) is 4.11. The molecule has 20 heavy (non-hydrogen) atoms. The molecule has 0 aromatic heterocycles. The summed E-state index contributed by atoms with van der Waals surface area (Å²) in [6.07, 6.45) is 2.20. The maximum absolute atomic E-state index is 6.14. The summed E-state index contributed by atoms with van der Waals surface area (Å²) in [6, 6.07) is 14.7. The SMILES string of the molecule is Clc1ccccc1CNCCc1ccc2c(c1)CCN2. The van der Waals surface area contributed by atoms with Crippen molar-refractivity contribution in [2.45, 2.75) is 19.4 Å². The van der Waals surface area contributed by atoms with Gasteiger partial charge in [-0.25, -0.2) is 0 Å². The Morgan fingerprint density at radius 3 is 2.95 bits per heavy atom. The summed E-state index contributed by atoms with van der Waals surface area (Å²) < 4.78 is 0. The Morgan fingerprint density at radius 1 is 1.15 bits per heavy atom. The lowest BCUT2D eigenvalue weighted by Crippen LogP contribution is -2.16. The number of benzene rings is 2. The van der Waals surface area contributed by atoms with Crippen LogP contribution in [0.1, 0.15) is 16.7 Å². The maximum atomic E-state index is 6.14. The van der Waals surface area contributed by atoms with E-state index in [4.69, 9.17) is 11.6 Å². The van der Waals surface area contributed by atoms with Crippen molar-refractivity contribution in [2.24, 2.45) is 0 Å². The zero-order valence-corrected chi connectivity index (χ0v) is 12.2. The van der Waals surface area contributed by atoms with Crippen molar-refractivity contribution in [2.75, 3.05) is 18.4 Å². The van der Waals surface area contributed by atoms with Gasteiger partial charge in [0.2, 0.25) is 0 Å². The number of fused-ring (bicyclic) bond motifs is 1. The van der Waals surface area contributed by atoms with E-state index in [-0.39, 0.29) is 0 Å². The molecule has 0 fully saturated rings. The predicted molar refractivity (Wildman–Crippen MR) is 85.5 cm³/mol. The minimum Gasteiger partial charge on any atom is -0.384 e. The molecule has 0 radical (unpaired) electrons. The first-order valence-corrected chi connectivity index (χ1v) is 7.50. The Labute approximate surface area is 125 Å². The van der Waals surface area contributed by atoms with Crippen molar-refractivity contribution >= 4 is 17.3 Å². The average Bonchev–Trinajstić information content (AvgIpc) is 2.93. The number of halogens is 1. The maximum Gasteiger partial charge on any atom is 0.0450 e. The smallest absolute Gasteiger partial charge is 0.0450 e. The summed E-state index contributed by atoms with van der Waals surface area (Å²) in [4.78, 5) is 0. The first-order valence-electron chi connectivity index (χ1n) is 7.13. The van der Waals surface area contributed by atoms with E-state index < -0.39 is 0 Å². The highest BCUT2D eigenvalue weighted by Gasteiger charge is 2.09. The van der Waals surface area contributed by atoms with E-state index in [9.17, 15) is 0 Å². The van der Waals surface area contributed by atoms with Crippen molar-refractivity contribution in [1.29, 1.82) is 0 Å². The summed E-state index contributed by atoms with van der Waals surface area (Å²) in [5.74, 6) is 0. The van der Waals surface area contributed by atoms with Gasteiger partial charge in [0, 0.05) is 23.8 Å². The van der Waals surface area contributed by atoms with Crippen molar-refractivity contribution in [1.82, 2.24) is 5.32 Å². The van der Waals surface area contributed by atoms with Crippen LogP contribution in [0.25, 0.3) is 0 Å². The molecule has 3 heteroatoms. The largest absolute Gasteiger partial charge is 0.384 e. The van der Waals surface area contributed by atoms with Crippen LogP contribution in [0, 0.1) is 0 Å². The minimum absolute atomic E-state index is 0.826. The summed E-state index contributed by atoms with van der Waals surface area (Å²) >= 11 is 6.14. The van der Waals surface area contributed by atoms with Gasteiger partial charge in [0.1, 0.15) is 0 Å². The fourth-order valence-corrected chi connectivity index (χ4v) is 2.81. The molecule has 0 bridgehead atoms. The second-order valence-corrected chi connectivity index (χ2v) is 5.59. The number of hydrogen-bond donors (Lipinski definition) is 2. The van der Waals surface area contributed by atoms with Crippen LogP contribution in [0.4, 0.5) is 5.69 Å². The minimum atomic E-state index is 0.826. The molecule has 0 unspecified atom stereocenters. The Bertz CT molecular complexity index is 595. The summed E-state index contributed by atoms with van der Waals surface area (Å²) in [5.41, 5.74) is 5.32. The highest BCUT2D eigenvalue weighted by Crippen LogP contribution is 2.23. The highest BCUT2D eigenvalue weighted by atomic mass is 35.5. The van der Waals surface area contributed by atoms with Gasteiger partial charge >= 0.3 is 0 Å². The van der Waals surface area contributed by atoms with Gasteiger partial charge in [-0.15, -0.1) is 0 Å². The second-order valence-electron chi connectivity index (χ2n) is 5.19. The Balaban J connectivity index is 1.49. The highest BCUT2D eigenvalue weighted by molar-refractivity contribution is 6.31. The van der Waals surface area contributed by atoms with Gasteiger partial charge in [-0.2, -0.15) is 0 Å². The Hall–Kier alpha value is -1.51. The lowest BCUT2D eigenvalue weighted by atomic mass is 10.1. The zero-order chi connectivity index (χ0) is 13.8. The van der Waals surface area contributed by atoms with Gasteiger partial charge in [-0.05, 0) is 48.2 Å². The molecule has 0 amide bonds. The molecule has 1 aliphatic rings. The fraction of sp³-hybridized carbons (Fsp3) is 0.294. The van der Waals surface area contributed by atoms with E-state index in [2.05, 4.69) is 34.9 Å². The second kappa shape index (κ2) is 6.29. The normalized spacial score (nSPS) is 13.1. The lowest BCUT2D eigenvalue weighted by Gasteiger charge is -2.08. The molecule has 1 aliphatic heterocycles. The van der Waals surface area contributed by atoms with Gasteiger partial charge in [-0.1, -0.05) is 41.9 Å². The van der Waals surface area contributed by atoms with Crippen LogP contribution in [0.5, 0.6) is 0 Å². The van der Waals surface area contributed by atoms with Crippen molar-refractivity contribution < 1.29 is 0 Å². The van der Waals surface area contributed by atoms with Crippen LogP contribution in [-0.2, 0) is 19.4 Å². The standard InChI is InChI=1S/C17H19ClN2/c18-16-4-2-1-3-15(16)12-19-9-7-13-5-6-17-14(11-13)8-10-20-17/h1-6,11,19-20H,7-10,12H2. The molecular weight excluding hydrogens is 268 g/mol. The molecule has 0 aliphatic carbocycles. The van der Waals surface area contributed by atoms with Crippen LogP contribution < -0.4 is 10.6 Å². The van der Waals surface area contributed by atoms with Crippen molar-refractivity contribution in [3.05, 3.63) is 64.2 Å². The van der Waals surface area contributed by atoms with Crippen LogP contribution in [0.15, 0.2) is 42.5 Å². The summed E-state index contributed by atoms with van der Waals surface area (Å²) in [7, 11) is 0. The van der Waals surface area contributed by atoms with Gasteiger partial charge in [-0.3, -0.25) is 0 Å². The monoisotopic (exact) mass is 286 g/mol. The van der Waals surface area contributed by atoms with E-state index in [0.717, 1.165) is 43.1 Å². The lowest BCUT2D eigenvalue weighted by molar-refractivity contribution is 0.687. The quantitative estimate of drug-likeness (QED) is 0.820. The molecule has 2 N–H and O–H groups in total. The molecular formula is C17H19ClN2. The third kappa shape index (κ3) is 3.14. The van der Waals surface area contributed by atoms with Crippen LogP contribution in [-0.4, -0.2) is 13.1 Å². The number of nitrogens with one attached hydrogen (secondary N) is 2. The van der Waals surface area contributed by atoms with Crippen LogP contribution in [0.2, 0.25) is 5.02 Å². The van der Waals surface area contributed by atoms with E-state index >= 15 is 0 Å². The number of rotatable bonds is 5. The predicted octanol–water partition coefficient (Wildman–Crippen LogP) is 3.64. The molecule has 0 spiro atoms. The molecule has 0 saturated carbocycles.